The van der Waals surface area contributed by atoms with Crippen LogP contribution in [0.25, 0.3) is 16.9 Å². The van der Waals surface area contributed by atoms with Crippen molar-refractivity contribution in [1.82, 2.24) is 19.3 Å². The summed E-state index contributed by atoms with van der Waals surface area (Å²) in [6.45, 7) is 5.30. The fourth-order valence-electron chi connectivity index (χ4n) is 4.56. The molecule has 176 valence electrons. The highest BCUT2D eigenvalue weighted by Gasteiger charge is 2.38. The summed E-state index contributed by atoms with van der Waals surface area (Å²) in [5.74, 6) is 1.30. The first-order valence-electron chi connectivity index (χ1n) is 11.2. The zero-order valence-corrected chi connectivity index (χ0v) is 20.1. The average molecular weight is 472 g/mol. The molecule has 2 aliphatic rings. The molecule has 0 bridgehead atoms. The normalized spacial score (nSPS) is 18.8. The number of imidazole rings is 1. The molecular weight excluding hydrogens is 442 g/mol. The van der Waals surface area contributed by atoms with Crippen LogP contribution in [0.5, 0.6) is 11.5 Å². The zero-order valence-electron chi connectivity index (χ0n) is 19.3. The Labute approximate surface area is 193 Å². The van der Waals surface area contributed by atoms with Crippen molar-refractivity contribution in [3.8, 4) is 22.8 Å². The molecule has 3 heterocycles. The predicted molar refractivity (Wildman–Crippen MR) is 127 cm³/mol. The van der Waals surface area contributed by atoms with Crippen molar-refractivity contribution >= 4 is 21.4 Å². The van der Waals surface area contributed by atoms with Gasteiger partial charge in [-0.25, -0.2) is 22.6 Å². The van der Waals surface area contributed by atoms with Gasteiger partial charge in [-0.2, -0.15) is 5.10 Å². The first kappa shape index (κ1) is 22.0. The lowest BCUT2D eigenvalue weighted by Crippen LogP contribution is -2.39. The topological polar surface area (TPSA) is 98.1 Å². The van der Waals surface area contributed by atoms with Crippen LogP contribution >= 0.6 is 0 Å². The van der Waals surface area contributed by atoms with Gasteiger partial charge in [-0.1, -0.05) is 0 Å². The van der Waals surface area contributed by atoms with Gasteiger partial charge in [-0.15, -0.1) is 0 Å². The van der Waals surface area contributed by atoms with Gasteiger partial charge in [0.2, 0.25) is 10.0 Å². The number of sulfonamides is 1. The van der Waals surface area contributed by atoms with E-state index in [1.54, 1.807) is 14.2 Å². The molecule has 0 radical (unpaired) electrons. The molecule has 5 rings (SSSR count). The van der Waals surface area contributed by atoms with Gasteiger partial charge in [0, 0.05) is 24.7 Å². The Bertz CT molecular complexity index is 1320. The number of hydrogen-bond donors (Lipinski definition) is 1. The molecular formula is C23H29N5O4S. The minimum Gasteiger partial charge on any atom is -0.493 e. The van der Waals surface area contributed by atoms with Gasteiger partial charge >= 0.3 is 0 Å². The molecule has 1 aliphatic heterocycles. The number of aromatic nitrogens is 3. The minimum atomic E-state index is -3.21. The summed E-state index contributed by atoms with van der Waals surface area (Å²) >= 11 is 0. The van der Waals surface area contributed by atoms with E-state index in [-0.39, 0.29) is 11.3 Å². The van der Waals surface area contributed by atoms with E-state index in [1.165, 1.54) is 0 Å². The van der Waals surface area contributed by atoms with Crippen molar-refractivity contribution < 1.29 is 17.9 Å². The van der Waals surface area contributed by atoms with Gasteiger partial charge in [-0.3, -0.25) is 0 Å². The van der Waals surface area contributed by atoms with Crippen LogP contribution < -0.4 is 19.1 Å². The van der Waals surface area contributed by atoms with E-state index < -0.39 is 10.0 Å². The Kier molecular flexibility index (Phi) is 5.44. The van der Waals surface area contributed by atoms with Gasteiger partial charge in [-0.05, 0) is 57.4 Å². The zero-order chi connectivity index (χ0) is 23.3. The Morgan fingerprint density at radius 1 is 1.06 bits per heavy atom. The largest absolute Gasteiger partial charge is 0.493 e. The monoisotopic (exact) mass is 471 g/mol. The second-order valence-corrected chi connectivity index (χ2v) is 10.8. The summed E-state index contributed by atoms with van der Waals surface area (Å²) in [5, 5.41) is 4.55. The van der Waals surface area contributed by atoms with Gasteiger partial charge in [0.15, 0.2) is 17.1 Å². The molecule has 2 aromatic heterocycles. The second kappa shape index (κ2) is 8.18. The van der Waals surface area contributed by atoms with E-state index in [1.807, 2.05) is 42.6 Å². The molecule has 1 aliphatic carbocycles. The number of methoxy groups -OCH3 is 2. The predicted octanol–water partition coefficient (Wildman–Crippen LogP) is 2.69. The van der Waals surface area contributed by atoms with E-state index in [0.29, 0.717) is 18.0 Å². The first-order chi connectivity index (χ1) is 15.8. The van der Waals surface area contributed by atoms with Crippen LogP contribution in [0, 0.1) is 13.8 Å². The SMILES string of the molecule is COc1ccc(-c2c(C)nc3c(N4CCC(NS(=O)(=O)C5CC5)C4)cc(C)nn23)cc1OC. The number of benzene rings is 1. The van der Waals surface area contributed by atoms with Crippen molar-refractivity contribution in [2.24, 2.45) is 0 Å². The maximum Gasteiger partial charge on any atom is 0.214 e. The average Bonchev–Trinajstić information content (AvgIpc) is 3.48. The van der Waals surface area contributed by atoms with Crippen molar-refractivity contribution in [3.63, 3.8) is 0 Å². The molecule has 3 aromatic rings. The van der Waals surface area contributed by atoms with E-state index in [9.17, 15) is 8.42 Å². The van der Waals surface area contributed by atoms with Crippen LogP contribution in [0.1, 0.15) is 30.7 Å². The Morgan fingerprint density at radius 2 is 1.82 bits per heavy atom. The lowest BCUT2D eigenvalue weighted by molar-refractivity contribution is 0.355. The summed E-state index contributed by atoms with van der Waals surface area (Å²) in [5.41, 5.74) is 5.25. The number of nitrogens with zero attached hydrogens (tertiary/aromatic N) is 4. The van der Waals surface area contributed by atoms with E-state index in [0.717, 1.165) is 59.8 Å². The van der Waals surface area contributed by atoms with Crippen LogP contribution in [-0.2, 0) is 10.0 Å². The maximum atomic E-state index is 12.4. The maximum absolute atomic E-state index is 12.4. The molecule has 1 aromatic carbocycles. The Balaban J connectivity index is 1.51. The molecule has 1 N–H and O–H groups in total. The fraction of sp³-hybridized carbons (Fsp3) is 0.478. The molecule has 33 heavy (non-hydrogen) atoms. The van der Waals surface area contributed by atoms with Gasteiger partial charge < -0.3 is 14.4 Å². The lowest BCUT2D eigenvalue weighted by atomic mass is 10.1. The number of fused-ring (bicyclic) bond motifs is 1. The van der Waals surface area contributed by atoms with Crippen LogP contribution in [-0.4, -0.2) is 61.6 Å². The third-order valence-electron chi connectivity index (χ3n) is 6.34. The lowest BCUT2D eigenvalue weighted by Gasteiger charge is -2.20. The highest BCUT2D eigenvalue weighted by atomic mass is 32.2. The van der Waals surface area contributed by atoms with Crippen molar-refractivity contribution in [2.75, 3.05) is 32.2 Å². The van der Waals surface area contributed by atoms with Crippen LogP contribution in [0.2, 0.25) is 0 Å². The standard InChI is InChI=1S/C23H29N5O4S/c1-14-11-19(27-10-9-17(13-27)26-33(29,30)18-6-7-18)23-24-15(2)22(28(23)25-14)16-5-8-20(31-3)21(12-16)32-4/h5,8,11-12,17-18,26H,6-7,9-10,13H2,1-4H3. The highest BCUT2D eigenvalue weighted by molar-refractivity contribution is 7.90. The van der Waals surface area contributed by atoms with Crippen molar-refractivity contribution in [1.29, 1.82) is 0 Å². The Hall–Kier alpha value is -2.85. The molecule has 2 fully saturated rings. The van der Waals surface area contributed by atoms with Gasteiger partial charge in [0.25, 0.3) is 0 Å². The molecule has 9 nitrogen and oxygen atoms in total. The van der Waals surface area contributed by atoms with Crippen LogP contribution in [0.4, 0.5) is 5.69 Å². The molecule has 1 atom stereocenters. The number of aryl methyl sites for hydroxylation is 2. The van der Waals surface area contributed by atoms with Gasteiger partial charge in [0.05, 0.1) is 42.2 Å². The molecule has 1 saturated carbocycles. The molecule has 10 heteroatoms. The Morgan fingerprint density at radius 3 is 2.52 bits per heavy atom. The summed E-state index contributed by atoms with van der Waals surface area (Å²) in [6, 6.07) is 7.71. The first-order valence-corrected chi connectivity index (χ1v) is 12.7. The molecule has 0 spiro atoms. The summed E-state index contributed by atoms with van der Waals surface area (Å²) in [7, 11) is 0.0194. The summed E-state index contributed by atoms with van der Waals surface area (Å²) in [4.78, 5) is 7.06. The van der Waals surface area contributed by atoms with Gasteiger partial charge in [0.1, 0.15) is 0 Å². The third-order valence-corrected chi connectivity index (χ3v) is 8.35. The smallest absolute Gasteiger partial charge is 0.214 e. The molecule has 0 amide bonds. The number of rotatable bonds is 7. The van der Waals surface area contributed by atoms with Crippen LogP contribution in [0.15, 0.2) is 24.3 Å². The second-order valence-electron chi connectivity index (χ2n) is 8.82. The van der Waals surface area contributed by atoms with Crippen molar-refractivity contribution in [2.45, 2.75) is 44.4 Å². The fourth-order valence-corrected chi connectivity index (χ4v) is 6.17. The summed E-state index contributed by atoms with van der Waals surface area (Å²) < 4.78 is 40.4. The minimum absolute atomic E-state index is 0.0921. The number of ether oxygens (including phenoxy) is 2. The summed E-state index contributed by atoms with van der Waals surface area (Å²) in [6.07, 6.45) is 2.30. The van der Waals surface area contributed by atoms with Crippen molar-refractivity contribution in [3.05, 3.63) is 35.7 Å². The highest BCUT2D eigenvalue weighted by Crippen LogP contribution is 2.36. The third kappa shape index (κ3) is 4.02. The number of anilines is 1. The number of hydrogen-bond acceptors (Lipinski definition) is 7. The van der Waals surface area contributed by atoms with E-state index in [2.05, 4.69) is 9.62 Å². The molecule has 1 unspecified atom stereocenters. The van der Waals surface area contributed by atoms with E-state index >= 15 is 0 Å². The molecule has 1 saturated heterocycles. The number of nitrogens with one attached hydrogen (secondary N) is 1. The van der Waals surface area contributed by atoms with Crippen LogP contribution in [0.3, 0.4) is 0 Å². The quantitative estimate of drug-likeness (QED) is 0.566. The van der Waals surface area contributed by atoms with E-state index in [4.69, 9.17) is 19.6 Å².